The summed E-state index contributed by atoms with van der Waals surface area (Å²) in [5.41, 5.74) is -0.0359. The molecule has 3 nitrogen and oxygen atoms in total. The fourth-order valence-corrected chi connectivity index (χ4v) is 1.20. The van der Waals surface area contributed by atoms with E-state index in [4.69, 9.17) is 4.74 Å². The van der Waals surface area contributed by atoms with Gasteiger partial charge in [-0.15, -0.1) is 0 Å². The van der Waals surface area contributed by atoms with Crippen LogP contribution in [0.5, 0.6) is 5.75 Å². The number of nitrogens with zero attached hydrogens (tertiary/aromatic N) is 1. The van der Waals surface area contributed by atoms with E-state index < -0.39 is 0 Å². The molecule has 0 bridgehead atoms. The Bertz CT molecular complexity index is 290. The van der Waals surface area contributed by atoms with Crippen LogP contribution in [0, 0.1) is 0 Å². The van der Waals surface area contributed by atoms with Gasteiger partial charge >= 0.3 is 0 Å². The molecule has 0 radical (unpaired) electrons. The van der Waals surface area contributed by atoms with Crippen LogP contribution < -0.4 is 10.3 Å². The van der Waals surface area contributed by atoms with Crippen LogP contribution in [0.4, 0.5) is 0 Å². The first-order chi connectivity index (χ1) is 6.29. The molecule has 1 aromatic heterocycles. The van der Waals surface area contributed by atoms with Crippen molar-refractivity contribution >= 4 is 0 Å². The maximum absolute atomic E-state index is 11.6. The second-order valence-electron chi connectivity index (χ2n) is 2.80. The number of ether oxygens (including phenoxy) is 1. The van der Waals surface area contributed by atoms with Gasteiger partial charge in [-0.2, -0.15) is 0 Å². The monoisotopic (exact) mass is 181 g/mol. The highest BCUT2D eigenvalue weighted by Gasteiger charge is 2.01. The summed E-state index contributed by atoms with van der Waals surface area (Å²) in [5, 5.41) is 0. The molecule has 1 rings (SSSR count). The first-order valence-electron chi connectivity index (χ1n) is 4.61. The Morgan fingerprint density at radius 1 is 1.46 bits per heavy atom. The van der Waals surface area contributed by atoms with Crippen molar-refractivity contribution in [3.63, 3.8) is 0 Å². The lowest BCUT2D eigenvalue weighted by Crippen LogP contribution is -2.20. The third-order valence-electron chi connectivity index (χ3n) is 1.75. The highest BCUT2D eigenvalue weighted by Crippen LogP contribution is 2.01. The number of hydrogen-bond donors (Lipinski definition) is 0. The van der Waals surface area contributed by atoms with Crippen LogP contribution in [0.3, 0.4) is 0 Å². The summed E-state index contributed by atoms with van der Waals surface area (Å²) in [6.45, 7) is 5.20. The van der Waals surface area contributed by atoms with E-state index >= 15 is 0 Å². The number of aromatic nitrogens is 1. The van der Waals surface area contributed by atoms with E-state index in [0.29, 0.717) is 12.4 Å². The quantitative estimate of drug-likeness (QED) is 0.707. The van der Waals surface area contributed by atoms with Gasteiger partial charge in [-0.25, -0.2) is 0 Å². The zero-order valence-electron chi connectivity index (χ0n) is 8.12. The zero-order chi connectivity index (χ0) is 9.68. The lowest BCUT2D eigenvalue weighted by Gasteiger charge is -2.06. The van der Waals surface area contributed by atoms with Crippen LogP contribution in [0.1, 0.15) is 20.3 Å². The van der Waals surface area contributed by atoms with Crippen molar-refractivity contribution < 1.29 is 4.74 Å². The molecule has 0 spiro atoms. The first kappa shape index (κ1) is 9.84. The summed E-state index contributed by atoms with van der Waals surface area (Å²) in [4.78, 5) is 11.6. The second kappa shape index (κ2) is 4.70. The number of aryl methyl sites for hydroxylation is 1. The van der Waals surface area contributed by atoms with E-state index in [2.05, 4.69) is 0 Å². The molecule has 0 unspecified atom stereocenters. The van der Waals surface area contributed by atoms with E-state index in [-0.39, 0.29) is 5.56 Å². The van der Waals surface area contributed by atoms with Crippen LogP contribution in [0.15, 0.2) is 23.1 Å². The molecule has 13 heavy (non-hydrogen) atoms. The van der Waals surface area contributed by atoms with Crippen molar-refractivity contribution in [1.82, 2.24) is 4.57 Å². The third kappa shape index (κ3) is 2.34. The molecule has 0 saturated carbocycles. The molecule has 0 amide bonds. The van der Waals surface area contributed by atoms with Crippen LogP contribution in [0.25, 0.3) is 0 Å². The van der Waals surface area contributed by atoms with Gasteiger partial charge in [-0.05, 0) is 25.5 Å². The number of rotatable bonds is 4. The van der Waals surface area contributed by atoms with E-state index in [0.717, 1.165) is 13.0 Å². The fourth-order valence-electron chi connectivity index (χ4n) is 1.20. The van der Waals surface area contributed by atoms with Gasteiger partial charge < -0.3 is 9.30 Å². The molecule has 0 aromatic carbocycles. The molecule has 0 N–H and O–H groups in total. The summed E-state index contributed by atoms with van der Waals surface area (Å²) >= 11 is 0. The molecular formula is C10H15NO2. The SMILES string of the molecule is CCCn1cccc(OCC)c1=O. The van der Waals surface area contributed by atoms with E-state index in [1.165, 1.54) is 0 Å². The summed E-state index contributed by atoms with van der Waals surface area (Å²) in [7, 11) is 0. The molecule has 0 fully saturated rings. The Balaban J connectivity index is 2.97. The van der Waals surface area contributed by atoms with Crippen LogP contribution in [-0.4, -0.2) is 11.2 Å². The number of hydrogen-bond acceptors (Lipinski definition) is 2. The molecule has 72 valence electrons. The van der Waals surface area contributed by atoms with Gasteiger partial charge in [0, 0.05) is 12.7 Å². The highest BCUT2D eigenvalue weighted by atomic mass is 16.5. The average molecular weight is 181 g/mol. The molecule has 3 heteroatoms. The molecule has 1 heterocycles. The molecular weight excluding hydrogens is 166 g/mol. The van der Waals surface area contributed by atoms with Crippen molar-refractivity contribution in [2.75, 3.05) is 6.61 Å². The van der Waals surface area contributed by atoms with Crippen LogP contribution in [-0.2, 0) is 6.54 Å². The third-order valence-corrected chi connectivity index (χ3v) is 1.75. The Morgan fingerprint density at radius 3 is 2.85 bits per heavy atom. The molecule has 0 aliphatic heterocycles. The molecule has 0 aliphatic carbocycles. The van der Waals surface area contributed by atoms with Crippen molar-refractivity contribution in [2.45, 2.75) is 26.8 Å². The minimum atomic E-state index is -0.0359. The molecule has 0 saturated heterocycles. The normalized spacial score (nSPS) is 10.0. The highest BCUT2D eigenvalue weighted by molar-refractivity contribution is 5.17. The summed E-state index contributed by atoms with van der Waals surface area (Å²) in [6, 6.07) is 3.54. The number of pyridine rings is 1. The van der Waals surface area contributed by atoms with Gasteiger partial charge in [0.05, 0.1) is 6.61 Å². The van der Waals surface area contributed by atoms with Gasteiger partial charge in [0.25, 0.3) is 5.56 Å². The Morgan fingerprint density at radius 2 is 2.23 bits per heavy atom. The van der Waals surface area contributed by atoms with Gasteiger partial charge in [-0.3, -0.25) is 4.79 Å². The predicted molar refractivity (Wildman–Crippen MR) is 52.2 cm³/mol. The van der Waals surface area contributed by atoms with Crippen LogP contribution >= 0.6 is 0 Å². The predicted octanol–water partition coefficient (Wildman–Crippen LogP) is 1.66. The Labute approximate surface area is 78.0 Å². The minimum Gasteiger partial charge on any atom is -0.488 e. The van der Waals surface area contributed by atoms with Gasteiger partial charge in [0.15, 0.2) is 5.75 Å². The lowest BCUT2D eigenvalue weighted by atomic mass is 10.4. The Kier molecular flexibility index (Phi) is 3.55. The summed E-state index contributed by atoms with van der Waals surface area (Å²) in [6.07, 6.45) is 2.74. The molecule has 1 aromatic rings. The van der Waals surface area contributed by atoms with Gasteiger partial charge in [0.1, 0.15) is 0 Å². The van der Waals surface area contributed by atoms with Crippen molar-refractivity contribution in [3.05, 3.63) is 28.7 Å². The maximum atomic E-state index is 11.6. The van der Waals surface area contributed by atoms with Crippen LogP contribution in [0.2, 0.25) is 0 Å². The smallest absolute Gasteiger partial charge is 0.292 e. The largest absolute Gasteiger partial charge is 0.488 e. The maximum Gasteiger partial charge on any atom is 0.292 e. The summed E-state index contributed by atoms with van der Waals surface area (Å²) < 4.78 is 6.86. The minimum absolute atomic E-state index is 0.0359. The first-order valence-corrected chi connectivity index (χ1v) is 4.61. The topological polar surface area (TPSA) is 31.2 Å². The van der Waals surface area contributed by atoms with Gasteiger partial charge in [-0.1, -0.05) is 6.92 Å². The zero-order valence-corrected chi connectivity index (χ0v) is 8.12. The fraction of sp³-hybridized carbons (Fsp3) is 0.500. The molecule has 0 atom stereocenters. The van der Waals surface area contributed by atoms with Gasteiger partial charge in [0.2, 0.25) is 0 Å². The van der Waals surface area contributed by atoms with E-state index in [1.807, 2.05) is 19.9 Å². The van der Waals surface area contributed by atoms with E-state index in [1.54, 1.807) is 16.8 Å². The Hall–Kier alpha value is -1.25. The lowest BCUT2D eigenvalue weighted by molar-refractivity contribution is 0.331. The van der Waals surface area contributed by atoms with Crippen molar-refractivity contribution in [1.29, 1.82) is 0 Å². The standard InChI is InChI=1S/C10H15NO2/c1-3-7-11-8-5-6-9(10(11)12)13-4-2/h5-6,8H,3-4,7H2,1-2H3. The molecule has 0 aliphatic rings. The summed E-state index contributed by atoms with van der Waals surface area (Å²) in [5.74, 6) is 0.443. The second-order valence-corrected chi connectivity index (χ2v) is 2.80. The van der Waals surface area contributed by atoms with Crippen molar-refractivity contribution in [2.24, 2.45) is 0 Å². The van der Waals surface area contributed by atoms with E-state index in [9.17, 15) is 4.79 Å². The van der Waals surface area contributed by atoms with Crippen molar-refractivity contribution in [3.8, 4) is 5.75 Å². The average Bonchev–Trinajstić information content (AvgIpc) is 2.13.